The van der Waals surface area contributed by atoms with E-state index in [0.717, 1.165) is 15.4 Å². The second kappa shape index (κ2) is 15.9. The molecule has 2 unspecified atom stereocenters. The van der Waals surface area contributed by atoms with E-state index in [4.69, 9.17) is 9.47 Å². The molecule has 0 aromatic heterocycles. The van der Waals surface area contributed by atoms with Crippen molar-refractivity contribution in [3.8, 4) is 11.5 Å². The molecule has 0 saturated heterocycles. The maximum Gasteiger partial charge on any atom is 0.264 e. The molecular formula is C36H41N3O6S. The topological polar surface area (TPSA) is 105 Å². The van der Waals surface area contributed by atoms with E-state index in [0.29, 0.717) is 12.2 Å². The summed E-state index contributed by atoms with van der Waals surface area (Å²) in [6, 6.07) is 30.2. The van der Waals surface area contributed by atoms with Crippen molar-refractivity contribution in [2.45, 2.75) is 50.2 Å². The first-order valence-corrected chi connectivity index (χ1v) is 16.6. The fourth-order valence-electron chi connectivity index (χ4n) is 5.03. The quantitative estimate of drug-likeness (QED) is 0.185. The monoisotopic (exact) mass is 643 g/mol. The van der Waals surface area contributed by atoms with Gasteiger partial charge in [-0.2, -0.15) is 0 Å². The van der Waals surface area contributed by atoms with Crippen LogP contribution in [0.25, 0.3) is 0 Å². The highest BCUT2D eigenvalue weighted by Crippen LogP contribution is 2.32. The molecule has 2 atom stereocenters. The molecule has 0 bridgehead atoms. The Morgan fingerprint density at radius 1 is 0.804 bits per heavy atom. The number of carbonyl (C=O) groups excluding carboxylic acids is 2. The summed E-state index contributed by atoms with van der Waals surface area (Å²) in [5.74, 6) is -0.0157. The maximum absolute atomic E-state index is 14.6. The second-order valence-corrected chi connectivity index (χ2v) is 12.8. The fraction of sp³-hybridized carbons (Fsp3) is 0.278. The summed E-state index contributed by atoms with van der Waals surface area (Å²) in [4.78, 5) is 30.1. The Bertz CT molecular complexity index is 1700. The zero-order chi connectivity index (χ0) is 33.1. The summed E-state index contributed by atoms with van der Waals surface area (Å²) in [7, 11) is -1.24. The molecule has 0 spiro atoms. The Morgan fingerprint density at radius 2 is 1.43 bits per heavy atom. The van der Waals surface area contributed by atoms with Gasteiger partial charge in [-0.05, 0) is 60.9 Å². The number of hydrogen-bond donors (Lipinski definition) is 1. The normalized spacial score (nSPS) is 12.4. The Morgan fingerprint density at radius 3 is 2.09 bits per heavy atom. The molecule has 0 heterocycles. The average Bonchev–Trinajstić information content (AvgIpc) is 3.09. The van der Waals surface area contributed by atoms with Crippen LogP contribution in [-0.2, 0) is 32.6 Å². The lowest BCUT2D eigenvalue weighted by atomic mass is 10.0. The van der Waals surface area contributed by atoms with Crippen LogP contribution in [0, 0.1) is 0 Å². The molecule has 1 N–H and O–H groups in total. The summed E-state index contributed by atoms with van der Waals surface area (Å²) >= 11 is 0. The molecule has 9 nitrogen and oxygen atoms in total. The first-order chi connectivity index (χ1) is 22.2. The van der Waals surface area contributed by atoms with Crippen LogP contribution in [0.3, 0.4) is 0 Å². The molecule has 4 aromatic rings. The highest BCUT2D eigenvalue weighted by Gasteiger charge is 2.35. The van der Waals surface area contributed by atoms with E-state index in [-0.39, 0.29) is 41.2 Å². The first-order valence-electron chi connectivity index (χ1n) is 15.1. The van der Waals surface area contributed by atoms with Gasteiger partial charge in [0.2, 0.25) is 11.8 Å². The molecule has 0 radical (unpaired) electrons. The number of ether oxygens (including phenoxy) is 2. The molecule has 2 amide bonds. The summed E-state index contributed by atoms with van der Waals surface area (Å²) in [6.07, 6.45) is 0.920. The van der Waals surface area contributed by atoms with Crippen LogP contribution in [0.5, 0.6) is 11.5 Å². The molecule has 0 aliphatic rings. The van der Waals surface area contributed by atoms with Crippen molar-refractivity contribution in [1.29, 1.82) is 0 Å². The van der Waals surface area contributed by atoms with Crippen LogP contribution in [0.2, 0.25) is 0 Å². The number of amides is 2. The van der Waals surface area contributed by atoms with Crippen molar-refractivity contribution in [2.75, 3.05) is 25.1 Å². The Balaban J connectivity index is 1.84. The SMILES string of the molecule is CCC(C)NC(=O)C(Cc1ccccc1)N(Cc1cccc(OC)c1)C(=O)CN(c1ccccc1OC)S(=O)(=O)c1ccccc1. The number of nitrogens with zero attached hydrogens (tertiary/aromatic N) is 2. The molecule has 242 valence electrons. The van der Waals surface area contributed by atoms with E-state index in [1.54, 1.807) is 61.7 Å². The number of rotatable bonds is 15. The van der Waals surface area contributed by atoms with Gasteiger partial charge < -0.3 is 19.7 Å². The predicted molar refractivity (Wildman–Crippen MR) is 179 cm³/mol. The molecule has 10 heteroatoms. The van der Waals surface area contributed by atoms with E-state index in [2.05, 4.69) is 5.32 Å². The smallest absolute Gasteiger partial charge is 0.264 e. The van der Waals surface area contributed by atoms with E-state index >= 15 is 0 Å². The number of sulfonamides is 1. The first kappa shape index (κ1) is 34.1. The largest absolute Gasteiger partial charge is 0.497 e. The van der Waals surface area contributed by atoms with Crippen molar-refractivity contribution in [2.24, 2.45) is 0 Å². The van der Waals surface area contributed by atoms with Gasteiger partial charge in [0.25, 0.3) is 10.0 Å². The van der Waals surface area contributed by atoms with Crippen LogP contribution < -0.4 is 19.1 Å². The fourth-order valence-corrected chi connectivity index (χ4v) is 6.48. The molecule has 4 aromatic carbocycles. The van der Waals surface area contributed by atoms with E-state index in [9.17, 15) is 18.0 Å². The lowest BCUT2D eigenvalue weighted by Gasteiger charge is -2.34. The zero-order valence-electron chi connectivity index (χ0n) is 26.6. The number of benzene rings is 4. The van der Waals surface area contributed by atoms with Gasteiger partial charge in [0.05, 0.1) is 24.8 Å². The number of para-hydroxylation sites is 2. The lowest BCUT2D eigenvalue weighted by molar-refractivity contribution is -0.140. The number of nitrogens with one attached hydrogen (secondary N) is 1. The van der Waals surface area contributed by atoms with Crippen molar-refractivity contribution < 1.29 is 27.5 Å². The van der Waals surface area contributed by atoms with Crippen LogP contribution in [0.15, 0.2) is 114 Å². The minimum Gasteiger partial charge on any atom is -0.497 e. The minimum absolute atomic E-state index is 0.0170. The van der Waals surface area contributed by atoms with Gasteiger partial charge in [0.1, 0.15) is 24.1 Å². The Kier molecular flexibility index (Phi) is 11.8. The number of methoxy groups -OCH3 is 2. The number of anilines is 1. The van der Waals surface area contributed by atoms with Crippen molar-refractivity contribution in [3.63, 3.8) is 0 Å². The van der Waals surface area contributed by atoms with Gasteiger partial charge in [-0.3, -0.25) is 13.9 Å². The summed E-state index contributed by atoms with van der Waals surface area (Å²) < 4.78 is 40.4. The molecule has 4 rings (SSSR count). The molecule has 0 fully saturated rings. The summed E-state index contributed by atoms with van der Waals surface area (Å²) in [5, 5.41) is 3.04. The molecule has 0 aliphatic heterocycles. The van der Waals surface area contributed by atoms with Crippen LogP contribution in [0.1, 0.15) is 31.4 Å². The average molecular weight is 644 g/mol. The van der Waals surface area contributed by atoms with Gasteiger partial charge >= 0.3 is 0 Å². The lowest BCUT2D eigenvalue weighted by Crippen LogP contribution is -2.54. The van der Waals surface area contributed by atoms with Gasteiger partial charge in [0.15, 0.2) is 0 Å². The zero-order valence-corrected chi connectivity index (χ0v) is 27.4. The van der Waals surface area contributed by atoms with Crippen molar-refractivity contribution >= 4 is 27.5 Å². The van der Waals surface area contributed by atoms with Gasteiger partial charge in [0, 0.05) is 19.0 Å². The second-order valence-electron chi connectivity index (χ2n) is 10.9. The molecule has 46 heavy (non-hydrogen) atoms. The third kappa shape index (κ3) is 8.45. The Hall–Kier alpha value is -4.83. The third-order valence-corrected chi connectivity index (χ3v) is 9.50. The van der Waals surface area contributed by atoms with E-state index in [1.165, 1.54) is 24.1 Å². The van der Waals surface area contributed by atoms with E-state index < -0.39 is 28.5 Å². The standard InChI is InChI=1S/C36H41N3O6S/c1-5-27(2)37-36(41)33(24-28-15-8-6-9-16-28)38(25-29-17-14-18-30(23-29)44-3)35(40)26-39(32-21-12-13-22-34(32)45-4)46(42,43)31-19-10-7-11-20-31/h6-23,27,33H,5,24-26H2,1-4H3,(H,37,41). The highest BCUT2D eigenvalue weighted by molar-refractivity contribution is 7.92. The van der Waals surface area contributed by atoms with Crippen LogP contribution in [0.4, 0.5) is 5.69 Å². The summed E-state index contributed by atoms with van der Waals surface area (Å²) in [6.45, 7) is 3.33. The number of carbonyl (C=O) groups is 2. The van der Waals surface area contributed by atoms with Crippen molar-refractivity contribution in [3.05, 3.63) is 120 Å². The maximum atomic E-state index is 14.6. The van der Waals surface area contributed by atoms with Gasteiger partial charge in [-0.15, -0.1) is 0 Å². The van der Waals surface area contributed by atoms with Crippen LogP contribution in [-0.4, -0.2) is 58.0 Å². The minimum atomic E-state index is -4.24. The van der Waals surface area contributed by atoms with Gasteiger partial charge in [-0.1, -0.05) is 79.7 Å². The van der Waals surface area contributed by atoms with E-state index in [1.807, 2.05) is 56.3 Å². The molecular weight excluding hydrogens is 602 g/mol. The number of hydrogen-bond acceptors (Lipinski definition) is 6. The third-order valence-electron chi connectivity index (χ3n) is 7.72. The van der Waals surface area contributed by atoms with Crippen LogP contribution >= 0.6 is 0 Å². The predicted octanol–water partition coefficient (Wildman–Crippen LogP) is 5.45. The van der Waals surface area contributed by atoms with Crippen molar-refractivity contribution in [1.82, 2.24) is 10.2 Å². The molecule has 0 saturated carbocycles. The van der Waals surface area contributed by atoms with Gasteiger partial charge in [-0.25, -0.2) is 8.42 Å². The highest BCUT2D eigenvalue weighted by atomic mass is 32.2. The molecule has 0 aliphatic carbocycles. The Labute approximate surface area is 271 Å². The summed E-state index contributed by atoms with van der Waals surface area (Å²) in [5.41, 5.74) is 1.78.